The molecule has 0 heterocycles. The van der Waals surface area contributed by atoms with Crippen LogP contribution in [0.4, 0.5) is 0 Å². The second-order valence-corrected chi connectivity index (χ2v) is 28.8. The molecule has 0 aromatic carbocycles. The third-order valence-electron chi connectivity index (χ3n) is 16.9. The highest BCUT2D eigenvalue weighted by Gasteiger charge is 2.30. The summed E-state index contributed by atoms with van der Waals surface area (Å²) in [5.41, 5.74) is 0. The molecular formula is C71H138O17P2. The van der Waals surface area contributed by atoms with Crippen molar-refractivity contribution in [2.45, 2.75) is 387 Å². The van der Waals surface area contributed by atoms with Gasteiger partial charge in [-0.2, -0.15) is 0 Å². The van der Waals surface area contributed by atoms with Gasteiger partial charge in [0.15, 0.2) is 12.2 Å². The summed E-state index contributed by atoms with van der Waals surface area (Å²) in [6.45, 7) is 7.27. The van der Waals surface area contributed by atoms with Crippen molar-refractivity contribution >= 4 is 39.5 Å². The number of aliphatic hydroxyl groups excluding tert-OH is 1. The van der Waals surface area contributed by atoms with Gasteiger partial charge in [-0.15, -0.1) is 0 Å². The topological polar surface area (TPSA) is 237 Å². The number of ether oxygens (including phenoxy) is 4. The molecule has 0 saturated heterocycles. The van der Waals surface area contributed by atoms with Gasteiger partial charge in [-0.3, -0.25) is 37.3 Å². The Bertz CT molecular complexity index is 1740. The predicted molar refractivity (Wildman–Crippen MR) is 363 cm³/mol. The van der Waals surface area contributed by atoms with Crippen LogP contribution in [-0.2, 0) is 65.4 Å². The Labute approximate surface area is 549 Å². The molecular weight excluding hydrogens is 1190 g/mol. The van der Waals surface area contributed by atoms with Gasteiger partial charge >= 0.3 is 39.5 Å². The van der Waals surface area contributed by atoms with Crippen molar-refractivity contribution in [3.05, 3.63) is 0 Å². The molecule has 0 spiro atoms. The molecule has 0 aliphatic heterocycles. The Hall–Kier alpha value is -1.94. The summed E-state index contributed by atoms with van der Waals surface area (Å²) in [5.74, 6) is -1.31. The third kappa shape index (κ3) is 63.5. The summed E-state index contributed by atoms with van der Waals surface area (Å²) in [6, 6.07) is 0. The van der Waals surface area contributed by atoms with E-state index in [0.717, 1.165) is 95.8 Å². The number of hydrogen-bond donors (Lipinski definition) is 3. The summed E-state index contributed by atoms with van der Waals surface area (Å²) >= 11 is 0. The molecule has 0 fully saturated rings. The van der Waals surface area contributed by atoms with Crippen molar-refractivity contribution in [3.8, 4) is 0 Å². The molecule has 3 unspecified atom stereocenters. The zero-order valence-corrected chi connectivity index (χ0v) is 60.1. The first-order chi connectivity index (χ1) is 43.6. The van der Waals surface area contributed by atoms with Crippen LogP contribution in [-0.4, -0.2) is 96.7 Å². The van der Waals surface area contributed by atoms with Crippen molar-refractivity contribution in [2.24, 2.45) is 5.92 Å². The largest absolute Gasteiger partial charge is 0.472 e. The fourth-order valence-corrected chi connectivity index (χ4v) is 12.4. The van der Waals surface area contributed by atoms with Gasteiger partial charge in [-0.05, 0) is 31.6 Å². The van der Waals surface area contributed by atoms with Crippen LogP contribution in [0, 0.1) is 5.92 Å². The Balaban J connectivity index is 5.24. The molecule has 17 nitrogen and oxygen atoms in total. The average molecular weight is 1330 g/mol. The lowest BCUT2D eigenvalue weighted by Gasteiger charge is -2.21. The maximum absolute atomic E-state index is 13.0. The first-order valence-corrected chi connectivity index (χ1v) is 40.2. The normalized spacial score (nSPS) is 14.4. The number of phosphoric acid groups is 2. The molecule has 0 saturated carbocycles. The summed E-state index contributed by atoms with van der Waals surface area (Å²) < 4.78 is 68.3. The van der Waals surface area contributed by atoms with E-state index >= 15 is 0 Å². The van der Waals surface area contributed by atoms with E-state index in [1.165, 1.54) is 193 Å². The van der Waals surface area contributed by atoms with E-state index < -0.39 is 97.5 Å². The summed E-state index contributed by atoms with van der Waals surface area (Å²) in [5, 5.41) is 10.6. The van der Waals surface area contributed by atoms with Crippen LogP contribution in [0.3, 0.4) is 0 Å². The van der Waals surface area contributed by atoms with Crippen molar-refractivity contribution in [2.75, 3.05) is 39.6 Å². The SMILES string of the molecule is CCCCCCCCCCCCCCCCCC(=O)O[C@H](COC(=O)CCCCCCCCCCCCC(C)CC)COP(=O)(O)OC[C@@H](O)COP(=O)(O)OC[C@@H](COC(=O)CCCCCCCCCCC)OC(=O)CCCCCCCCCCCCCC. The van der Waals surface area contributed by atoms with Crippen molar-refractivity contribution < 1.29 is 80.2 Å². The van der Waals surface area contributed by atoms with E-state index in [1.54, 1.807) is 0 Å². The van der Waals surface area contributed by atoms with E-state index in [4.69, 9.17) is 37.0 Å². The number of esters is 4. The number of phosphoric ester groups is 2. The van der Waals surface area contributed by atoms with Crippen LogP contribution in [0.5, 0.6) is 0 Å². The number of carbonyl (C=O) groups is 4. The Morgan fingerprint density at radius 3 is 0.789 bits per heavy atom. The Morgan fingerprint density at radius 2 is 0.533 bits per heavy atom. The van der Waals surface area contributed by atoms with Crippen LogP contribution in [0.15, 0.2) is 0 Å². The van der Waals surface area contributed by atoms with Crippen molar-refractivity contribution in [1.82, 2.24) is 0 Å². The van der Waals surface area contributed by atoms with Crippen LogP contribution in [0.1, 0.15) is 369 Å². The smallest absolute Gasteiger partial charge is 0.462 e. The highest BCUT2D eigenvalue weighted by atomic mass is 31.2. The lowest BCUT2D eigenvalue weighted by molar-refractivity contribution is -0.161. The quantitative estimate of drug-likeness (QED) is 0.0222. The van der Waals surface area contributed by atoms with Gasteiger partial charge in [0.25, 0.3) is 0 Å². The maximum Gasteiger partial charge on any atom is 0.472 e. The van der Waals surface area contributed by atoms with Gasteiger partial charge in [0.1, 0.15) is 19.3 Å². The highest BCUT2D eigenvalue weighted by Crippen LogP contribution is 2.45. The van der Waals surface area contributed by atoms with Crippen LogP contribution in [0.25, 0.3) is 0 Å². The number of rotatable bonds is 71. The van der Waals surface area contributed by atoms with Gasteiger partial charge in [-0.25, -0.2) is 9.13 Å². The van der Waals surface area contributed by atoms with Gasteiger partial charge in [0, 0.05) is 25.7 Å². The standard InChI is InChI=1S/C71H138O17P2/c1-6-10-13-16-19-22-24-26-27-28-30-37-42-47-52-57-71(76)88-67(61-82-69(74)55-50-45-40-35-32-31-34-38-43-48-53-64(5)9-4)63-86-90(79,80)84-59-65(72)58-83-89(77,78)85-62-66(60-81-68(73)54-49-44-39-33-21-18-15-12-8-3)87-70(75)56-51-46-41-36-29-25-23-20-17-14-11-7-2/h64-67,72H,6-63H2,1-5H3,(H,77,78)(H,79,80)/t64?,65-,66+,67+/m0/s1. The number of carbonyl (C=O) groups excluding carboxylic acids is 4. The summed E-state index contributed by atoms with van der Waals surface area (Å²) in [4.78, 5) is 72.6. The first kappa shape index (κ1) is 88.1. The minimum absolute atomic E-state index is 0.107. The van der Waals surface area contributed by atoms with E-state index in [9.17, 15) is 43.2 Å². The van der Waals surface area contributed by atoms with Crippen LogP contribution >= 0.6 is 15.6 Å². The second kappa shape index (κ2) is 64.4. The van der Waals surface area contributed by atoms with E-state index in [0.29, 0.717) is 25.7 Å². The molecule has 534 valence electrons. The molecule has 3 N–H and O–H groups in total. The van der Waals surface area contributed by atoms with E-state index in [1.807, 2.05) is 0 Å². The molecule has 0 aromatic heterocycles. The lowest BCUT2D eigenvalue weighted by Crippen LogP contribution is -2.30. The summed E-state index contributed by atoms with van der Waals surface area (Å²) in [6.07, 6.45) is 51.1. The monoisotopic (exact) mass is 1320 g/mol. The molecule has 0 aromatic rings. The maximum atomic E-state index is 13.0. The molecule has 0 bridgehead atoms. The van der Waals surface area contributed by atoms with Crippen LogP contribution < -0.4 is 0 Å². The minimum Gasteiger partial charge on any atom is -0.462 e. The molecule has 0 radical (unpaired) electrons. The number of aliphatic hydroxyl groups is 1. The zero-order valence-electron chi connectivity index (χ0n) is 58.3. The molecule has 0 aliphatic carbocycles. The zero-order chi connectivity index (χ0) is 66.3. The lowest BCUT2D eigenvalue weighted by atomic mass is 9.99. The van der Waals surface area contributed by atoms with E-state index in [2.05, 4.69) is 34.6 Å². The van der Waals surface area contributed by atoms with Crippen molar-refractivity contribution in [1.29, 1.82) is 0 Å². The van der Waals surface area contributed by atoms with Gasteiger partial charge < -0.3 is 33.8 Å². The Kier molecular flexibility index (Phi) is 63.0. The first-order valence-electron chi connectivity index (χ1n) is 37.2. The molecule has 0 rings (SSSR count). The van der Waals surface area contributed by atoms with E-state index in [-0.39, 0.29) is 25.7 Å². The van der Waals surface area contributed by atoms with Gasteiger partial charge in [0.2, 0.25) is 0 Å². The highest BCUT2D eigenvalue weighted by molar-refractivity contribution is 7.47. The molecule has 90 heavy (non-hydrogen) atoms. The molecule has 0 amide bonds. The molecule has 6 atom stereocenters. The minimum atomic E-state index is -4.95. The van der Waals surface area contributed by atoms with Gasteiger partial charge in [-0.1, -0.05) is 317 Å². The van der Waals surface area contributed by atoms with Gasteiger partial charge in [0.05, 0.1) is 26.4 Å². The second-order valence-electron chi connectivity index (χ2n) is 25.9. The third-order valence-corrected chi connectivity index (χ3v) is 18.8. The molecule has 19 heteroatoms. The Morgan fingerprint density at radius 1 is 0.311 bits per heavy atom. The van der Waals surface area contributed by atoms with Crippen molar-refractivity contribution in [3.63, 3.8) is 0 Å². The number of unbranched alkanes of at least 4 members (excludes halogenated alkanes) is 42. The molecule has 0 aliphatic rings. The number of hydrogen-bond acceptors (Lipinski definition) is 15. The predicted octanol–water partition coefficient (Wildman–Crippen LogP) is 20.5. The fraction of sp³-hybridized carbons (Fsp3) is 0.944. The fourth-order valence-electron chi connectivity index (χ4n) is 10.8. The van der Waals surface area contributed by atoms with Crippen LogP contribution in [0.2, 0.25) is 0 Å². The summed E-state index contributed by atoms with van der Waals surface area (Å²) in [7, 11) is -9.90. The average Bonchev–Trinajstić information content (AvgIpc) is 3.18.